The zero-order chi connectivity index (χ0) is 22.5. The monoisotopic (exact) mass is 412 g/mol. The Labute approximate surface area is 176 Å². The van der Waals surface area contributed by atoms with E-state index in [9.17, 15) is 14.4 Å². The summed E-state index contributed by atoms with van der Waals surface area (Å²) in [6, 6.07) is 13.6. The van der Waals surface area contributed by atoms with Crippen molar-refractivity contribution in [1.29, 1.82) is 0 Å². The number of hydrogen-bond donors (Lipinski definition) is 2. The predicted molar refractivity (Wildman–Crippen MR) is 114 cm³/mol. The van der Waals surface area contributed by atoms with Crippen molar-refractivity contribution >= 4 is 23.5 Å². The Kier molecular flexibility index (Phi) is 7.21. The minimum Gasteiger partial charge on any atom is -0.479 e. The Bertz CT molecular complexity index is 899. The van der Waals surface area contributed by atoms with Crippen molar-refractivity contribution in [3.05, 3.63) is 59.7 Å². The number of rotatable bonds is 7. The second-order valence-corrected chi connectivity index (χ2v) is 8.04. The first-order valence-electron chi connectivity index (χ1n) is 9.66. The van der Waals surface area contributed by atoms with Gasteiger partial charge in [-0.1, -0.05) is 32.9 Å². The fourth-order valence-corrected chi connectivity index (χ4v) is 2.57. The largest absolute Gasteiger partial charge is 0.479 e. The van der Waals surface area contributed by atoms with Gasteiger partial charge in [0.05, 0.1) is 0 Å². The smallest absolute Gasteiger partial charge is 0.347 e. The van der Waals surface area contributed by atoms with Crippen LogP contribution in [0.4, 0.5) is 5.69 Å². The lowest BCUT2D eigenvalue weighted by Crippen LogP contribution is -2.35. The molecule has 2 aromatic rings. The maximum absolute atomic E-state index is 12.3. The van der Waals surface area contributed by atoms with Gasteiger partial charge in [0.2, 0.25) is 5.91 Å². The highest BCUT2D eigenvalue weighted by Crippen LogP contribution is 2.24. The van der Waals surface area contributed by atoms with Gasteiger partial charge in [-0.25, -0.2) is 4.79 Å². The molecular weight excluding hydrogens is 384 g/mol. The Hall–Kier alpha value is -3.35. The molecule has 7 nitrogen and oxygen atoms in total. The zero-order valence-electron chi connectivity index (χ0n) is 17.9. The summed E-state index contributed by atoms with van der Waals surface area (Å²) in [6.45, 7) is 9.37. The number of amides is 2. The number of nitrogens with two attached hydrogens (primary N) is 1. The molecule has 0 bridgehead atoms. The van der Waals surface area contributed by atoms with E-state index in [2.05, 4.69) is 26.1 Å². The first-order valence-corrected chi connectivity index (χ1v) is 9.66. The summed E-state index contributed by atoms with van der Waals surface area (Å²) < 4.78 is 10.8. The summed E-state index contributed by atoms with van der Waals surface area (Å²) in [4.78, 5) is 35.6. The summed E-state index contributed by atoms with van der Waals surface area (Å²) in [5.41, 5.74) is 7.14. The molecule has 0 unspecified atom stereocenters. The topological polar surface area (TPSA) is 108 Å². The lowest BCUT2D eigenvalue weighted by Gasteiger charge is -2.20. The number of carbonyl (C=O) groups is 3. The van der Waals surface area contributed by atoms with Crippen LogP contribution in [0.3, 0.4) is 0 Å². The molecule has 2 rings (SSSR count). The third kappa shape index (κ3) is 6.34. The summed E-state index contributed by atoms with van der Waals surface area (Å²) in [5.74, 6) is -1.17. The predicted octanol–water partition coefficient (Wildman–Crippen LogP) is 3.42. The molecule has 2 amide bonds. The lowest BCUT2D eigenvalue weighted by molar-refractivity contribution is -0.159. The van der Waals surface area contributed by atoms with E-state index in [1.54, 1.807) is 31.2 Å². The summed E-state index contributed by atoms with van der Waals surface area (Å²) in [7, 11) is 0. The Morgan fingerprint density at radius 3 is 1.97 bits per heavy atom. The number of nitrogens with one attached hydrogen (secondary N) is 1. The number of anilines is 1. The average Bonchev–Trinajstić information content (AvgIpc) is 2.67. The van der Waals surface area contributed by atoms with Crippen molar-refractivity contribution in [1.82, 2.24) is 0 Å². The van der Waals surface area contributed by atoms with Gasteiger partial charge in [0.15, 0.2) is 12.2 Å². The first-order chi connectivity index (χ1) is 14.0. The quantitative estimate of drug-likeness (QED) is 0.678. The number of carbonyl (C=O) groups excluding carboxylic acids is 3. The van der Waals surface area contributed by atoms with Gasteiger partial charge in [-0.15, -0.1) is 0 Å². The van der Waals surface area contributed by atoms with E-state index in [-0.39, 0.29) is 5.41 Å². The van der Waals surface area contributed by atoms with Gasteiger partial charge >= 0.3 is 5.97 Å². The van der Waals surface area contributed by atoms with E-state index in [1.807, 2.05) is 12.1 Å². The molecule has 0 saturated carbocycles. The maximum atomic E-state index is 12.3. The van der Waals surface area contributed by atoms with Crippen molar-refractivity contribution in [2.24, 2.45) is 5.73 Å². The Balaban J connectivity index is 1.89. The van der Waals surface area contributed by atoms with Crippen molar-refractivity contribution in [2.75, 3.05) is 5.32 Å². The van der Waals surface area contributed by atoms with Gasteiger partial charge in [0, 0.05) is 11.3 Å². The van der Waals surface area contributed by atoms with Crippen LogP contribution in [0.5, 0.6) is 5.75 Å². The van der Waals surface area contributed by atoms with E-state index >= 15 is 0 Å². The molecule has 2 atom stereocenters. The van der Waals surface area contributed by atoms with Gasteiger partial charge in [0.25, 0.3) is 5.91 Å². The van der Waals surface area contributed by atoms with Gasteiger partial charge in [-0.3, -0.25) is 9.59 Å². The average molecular weight is 412 g/mol. The fraction of sp³-hybridized carbons (Fsp3) is 0.348. The van der Waals surface area contributed by atoms with Crippen LogP contribution in [0.1, 0.15) is 50.5 Å². The number of esters is 1. The van der Waals surface area contributed by atoms with Crippen LogP contribution in [-0.2, 0) is 19.7 Å². The molecule has 3 N–H and O–H groups in total. The molecule has 0 fully saturated rings. The van der Waals surface area contributed by atoms with Crippen LogP contribution in [0, 0.1) is 0 Å². The Morgan fingerprint density at radius 1 is 0.900 bits per heavy atom. The van der Waals surface area contributed by atoms with Crippen LogP contribution in [0.25, 0.3) is 0 Å². The first kappa shape index (κ1) is 22.9. The van der Waals surface area contributed by atoms with Gasteiger partial charge in [0.1, 0.15) is 5.75 Å². The van der Waals surface area contributed by atoms with E-state index in [4.69, 9.17) is 15.2 Å². The van der Waals surface area contributed by atoms with Crippen LogP contribution >= 0.6 is 0 Å². The van der Waals surface area contributed by atoms with Crippen LogP contribution in [0.15, 0.2) is 48.5 Å². The third-order valence-corrected chi connectivity index (χ3v) is 4.46. The molecule has 0 radical (unpaired) electrons. The molecule has 0 aliphatic rings. The highest BCUT2D eigenvalue weighted by Gasteiger charge is 2.23. The summed E-state index contributed by atoms with van der Waals surface area (Å²) in [6.07, 6.45) is -1.90. The molecule has 0 aromatic heterocycles. The fourth-order valence-electron chi connectivity index (χ4n) is 2.57. The molecule has 0 aliphatic heterocycles. The normalized spacial score (nSPS) is 13.1. The zero-order valence-corrected chi connectivity index (χ0v) is 17.9. The van der Waals surface area contributed by atoms with E-state index in [0.717, 1.165) is 5.56 Å². The maximum Gasteiger partial charge on any atom is 0.347 e. The van der Waals surface area contributed by atoms with Crippen LogP contribution < -0.4 is 15.8 Å². The highest BCUT2D eigenvalue weighted by molar-refractivity contribution is 5.96. The molecule has 0 spiro atoms. The number of hydrogen-bond acceptors (Lipinski definition) is 5. The van der Waals surface area contributed by atoms with Crippen LogP contribution in [0.2, 0.25) is 0 Å². The summed E-state index contributed by atoms with van der Waals surface area (Å²) >= 11 is 0. The molecule has 0 aliphatic carbocycles. The van der Waals surface area contributed by atoms with Gasteiger partial charge in [-0.05, 0) is 61.2 Å². The van der Waals surface area contributed by atoms with Crippen molar-refractivity contribution in [3.8, 4) is 5.75 Å². The number of primary amides is 1. The van der Waals surface area contributed by atoms with Gasteiger partial charge < -0.3 is 20.5 Å². The Morgan fingerprint density at radius 2 is 1.47 bits per heavy atom. The van der Waals surface area contributed by atoms with Crippen molar-refractivity contribution < 1.29 is 23.9 Å². The highest BCUT2D eigenvalue weighted by atomic mass is 16.6. The molecule has 2 aromatic carbocycles. The SMILES string of the molecule is C[C@H](OC(=O)[C@H](C)Oc1ccc(C(C)(C)C)cc1)C(=O)Nc1ccc(C(N)=O)cc1. The van der Waals surface area contributed by atoms with Crippen LogP contribution in [-0.4, -0.2) is 30.0 Å². The lowest BCUT2D eigenvalue weighted by atomic mass is 9.87. The number of ether oxygens (including phenoxy) is 2. The molecule has 30 heavy (non-hydrogen) atoms. The second kappa shape index (κ2) is 9.43. The minimum atomic E-state index is -1.03. The molecule has 0 saturated heterocycles. The van der Waals surface area contributed by atoms with Crippen molar-refractivity contribution in [2.45, 2.75) is 52.2 Å². The van der Waals surface area contributed by atoms with E-state index in [1.165, 1.54) is 19.1 Å². The van der Waals surface area contributed by atoms with E-state index in [0.29, 0.717) is 17.0 Å². The second-order valence-electron chi connectivity index (χ2n) is 8.04. The summed E-state index contributed by atoms with van der Waals surface area (Å²) in [5, 5.41) is 2.61. The number of benzene rings is 2. The molecule has 7 heteroatoms. The molecule has 160 valence electrons. The van der Waals surface area contributed by atoms with Crippen molar-refractivity contribution in [3.63, 3.8) is 0 Å². The minimum absolute atomic E-state index is 0.0199. The van der Waals surface area contributed by atoms with E-state index < -0.39 is 30.0 Å². The molecular formula is C23H28N2O5. The third-order valence-electron chi connectivity index (χ3n) is 4.46. The van der Waals surface area contributed by atoms with Gasteiger partial charge in [-0.2, -0.15) is 0 Å². The standard InChI is InChI=1S/C23H28N2O5/c1-14(21(27)25-18-10-6-16(7-11-18)20(24)26)30-22(28)15(2)29-19-12-8-17(9-13-19)23(3,4)5/h6-15H,1-5H3,(H2,24,26)(H,25,27)/t14-,15-/m0/s1. The molecule has 0 heterocycles.